The van der Waals surface area contributed by atoms with Crippen LogP contribution < -0.4 is 14.4 Å². The Kier molecular flexibility index (Phi) is 10.5. The number of carbonyl (C=O) groups is 1. The first-order chi connectivity index (χ1) is 22.1. The van der Waals surface area contributed by atoms with Crippen LogP contribution in [-0.4, -0.2) is 28.6 Å². The molecule has 0 bridgehead atoms. The fraction of sp³-hybridized carbons (Fsp3) is 0.417. The molecule has 1 fully saturated rings. The van der Waals surface area contributed by atoms with Crippen LogP contribution in [0.15, 0.2) is 70.4 Å². The molecular formula is C36H41N5O3S2. The molecule has 0 saturated carbocycles. The smallest absolute Gasteiger partial charge is 0.354 e. The van der Waals surface area contributed by atoms with Gasteiger partial charge < -0.3 is 14.4 Å². The first kappa shape index (κ1) is 33.3. The highest BCUT2D eigenvalue weighted by molar-refractivity contribution is 7.29. The van der Waals surface area contributed by atoms with Crippen molar-refractivity contribution in [2.24, 2.45) is 10.2 Å². The quantitative estimate of drug-likeness (QED) is 0.0376. The first-order valence-electron chi connectivity index (χ1n) is 15.9. The first-order valence-corrected chi connectivity index (χ1v) is 17.5. The van der Waals surface area contributed by atoms with Gasteiger partial charge in [-0.15, -0.1) is 21.6 Å². The highest BCUT2D eigenvalue weighted by Gasteiger charge is 2.41. The van der Waals surface area contributed by atoms with Crippen LogP contribution in [0.4, 0.5) is 16.5 Å². The van der Waals surface area contributed by atoms with Crippen molar-refractivity contribution in [1.29, 1.82) is 5.26 Å². The number of nitrogens with zero attached hydrogens (tertiary/aromatic N) is 5. The van der Waals surface area contributed by atoms with Gasteiger partial charge in [-0.3, -0.25) is 0 Å². The van der Waals surface area contributed by atoms with E-state index in [4.69, 9.17) is 9.47 Å². The minimum atomic E-state index is -0.714. The lowest BCUT2D eigenvalue weighted by molar-refractivity contribution is -0.129. The van der Waals surface area contributed by atoms with E-state index in [2.05, 4.69) is 66.9 Å². The normalized spacial score (nSPS) is 16.1. The fourth-order valence-corrected chi connectivity index (χ4v) is 8.07. The molecule has 0 unspecified atom stereocenters. The number of azo groups is 1. The molecule has 2 aromatic carbocycles. The van der Waals surface area contributed by atoms with Gasteiger partial charge in [0.15, 0.2) is 0 Å². The number of unbranched alkanes of at least 4 members (excludes halogenated alkanes) is 3. The molecule has 0 N–H and O–H groups in total. The Morgan fingerprint density at radius 2 is 1.67 bits per heavy atom. The number of ether oxygens (including phenoxy) is 2. The predicted molar refractivity (Wildman–Crippen MR) is 188 cm³/mol. The van der Waals surface area contributed by atoms with Crippen LogP contribution in [-0.2, 0) is 4.79 Å². The Balaban J connectivity index is 1.19. The summed E-state index contributed by atoms with van der Waals surface area (Å²) in [6.07, 6.45) is 9.64. The maximum atomic E-state index is 12.7. The van der Waals surface area contributed by atoms with Gasteiger partial charge >= 0.3 is 5.97 Å². The molecule has 1 aliphatic heterocycles. The maximum absolute atomic E-state index is 12.7. The fourth-order valence-electron chi connectivity index (χ4n) is 6.08. The Bertz CT molecular complexity index is 1700. The average Bonchev–Trinajstić information content (AvgIpc) is 3.57. The lowest BCUT2D eigenvalue weighted by atomic mass is 9.79. The molecule has 0 spiro atoms. The van der Waals surface area contributed by atoms with E-state index in [-0.39, 0.29) is 16.7 Å². The molecule has 2 aromatic heterocycles. The number of carbonyl (C=O) groups excluding carboxylic acids is 1. The van der Waals surface area contributed by atoms with Gasteiger partial charge in [-0.05, 0) is 114 Å². The summed E-state index contributed by atoms with van der Waals surface area (Å²) in [5, 5.41) is 19.0. The van der Waals surface area contributed by atoms with Crippen LogP contribution >= 0.6 is 22.7 Å². The van der Waals surface area contributed by atoms with Gasteiger partial charge in [-0.1, -0.05) is 37.5 Å². The van der Waals surface area contributed by atoms with E-state index in [0.29, 0.717) is 17.5 Å². The van der Waals surface area contributed by atoms with Crippen molar-refractivity contribution >= 4 is 60.8 Å². The molecule has 0 amide bonds. The van der Waals surface area contributed by atoms with Crippen LogP contribution in [0.5, 0.6) is 11.5 Å². The Morgan fingerprint density at radius 3 is 2.33 bits per heavy atom. The highest BCUT2D eigenvalue weighted by Crippen LogP contribution is 2.42. The van der Waals surface area contributed by atoms with Gasteiger partial charge in [0.2, 0.25) is 5.13 Å². The molecule has 1 aliphatic rings. The van der Waals surface area contributed by atoms with Gasteiger partial charge in [-0.25, -0.2) is 9.78 Å². The number of hydrogen-bond donors (Lipinski definition) is 0. The van der Waals surface area contributed by atoms with Crippen LogP contribution in [0, 0.1) is 11.3 Å². The van der Waals surface area contributed by atoms with Crippen molar-refractivity contribution in [3.05, 3.63) is 65.0 Å². The topological polar surface area (TPSA) is 100 Å². The third-order valence-electron chi connectivity index (χ3n) is 8.17. The summed E-state index contributed by atoms with van der Waals surface area (Å²) in [5.41, 5.74) is 2.05. The second kappa shape index (κ2) is 14.6. The number of esters is 1. The van der Waals surface area contributed by atoms with Crippen LogP contribution in [0.3, 0.4) is 0 Å². The molecule has 0 atom stereocenters. The zero-order valence-corrected chi connectivity index (χ0v) is 28.8. The van der Waals surface area contributed by atoms with Gasteiger partial charge in [0.1, 0.15) is 28.0 Å². The molecule has 0 aliphatic carbocycles. The number of thiazole rings is 1. The van der Waals surface area contributed by atoms with Crippen molar-refractivity contribution in [1.82, 2.24) is 4.98 Å². The van der Waals surface area contributed by atoms with E-state index in [9.17, 15) is 10.1 Å². The summed E-state index contributed by atoms with van der Waals surface area (Å²) in [4.78, 5) is 21.4. The molecule has 1 saturated heterocycles. The van der Waals surface area contributed by atoms with Crippen molar-refractivity contribution < 1.29 is 14.3 Å². The number of thiophene rings is 1. The highest BCUT2D eigenvalue weighted by atomic mass is 32.1. The Hall–Kier alpha value is -4.07. The van der Waals surface area contributed by atoms with E-state index < -0.39 is 5.97 Å². The maximum Gasteiger partial charge on any atom is 0.354 e. The second-order valence-electron chi connectivity index (χ2n) is 12.8. The Morgan fingerprint density at radius 1 is 0.978 bits per heavy atom. The van der Waals surface area contributed by atoms with E-state index in [1.165, 1.54) is 66.5 Å². The summed E-state index contributed by atoms with van der Waals surface area (Å²) in [5.74, 6) is 0.354. The standard InChI is InChI=1S/C36H41N5O3S2/c1-6-7-8-9-21-43-28-15-17-29(18-16-28)44-33(42)25(24-37)22-30-23-31-32(45-30)38-34(46-31)40-39-26-11-13-27(14-12-26)41-35(2,3)19-10-20-36(41,4)5/h11-18,22-23H,6-10,19-21H2,1-5H3/b25-22+,40-39?. The number of hydrogen-bond acceptors (Lipinski definition) is 10. The number of benzene rings is 2. The lowest BCUT2D eigenvalue weighted by Gasteiger charge is -2.54. The number of nitriles is 1. The number of anilines is 1. The molecule has 5 rings (SSSR count). The molecule has 46 heavy (non-hydrogen) atoms. The molecule has 8 nitrogen and oxygen atoms in total. The van der Waals surface area contributed by atoms with Crippen molar-refractivity contribution in [3.63, 3.8) is 0 Å². The van der Waals surface area contributed by atoms with Crippen molar-refractivity contribution in [3.8, 4) is 17.6 Å². The number of rotatable bonds is 12. The Labute approximate surface area is 279 Å². The number of aromatic nitrogens is 1. The van der Waals surface area contributed by atoms with E-state index in [1.807, 2.05) is 24.3 Å². The molecule has 3 heterocycles. The van der Waals surface area contributed by atoms with Gasteiger partial charge in [0.05, 0.1) is 17.0 Å². The third kappa shape index (κ3) is 8.20. The van der Waals surface area contributed by atoms with Crippen molar-refractivity contribution in [2.45, 2.75) is 90.6 Å². The average molecular weight is 656 g/mol. The summed E-state index contributed by atoms with van der Waals surface area (Å²) in [6.45, 7) is 12.1. The SMILES string of the molecule is CCCCCCOc1ccc(OC(=O)/C(C#N)=C/c2cc3sc(N=Nc4ccc(N5C(C)(C)CCCC5(C)C)cc4)nc3s2)cc1. The number of fused-ring (bicyclic) bond motifs is 1. The summed E-state index contributed by atoms with van der Waals surface area (Å²) in [6, 6.07) is 19.0. The van der Waals surface area contributed by atoms with E-state index in [1.54, 1.807) is 24.3 Å². The molecule has 240 valence electrons. The zero-order chi connectivity index (χ0) is 32.7. The minimum Gasteiger partial charge on any atom is -0.494 e. The van der Waals surface area contributed by atoms with Crippen LogP contribution in [0.1, 0.15) is 84.4 Å². The van der Waals surface area contributed by atoms with Gasteiger partial charge in [0, 0.05) is 21.6 Å². The second-order valence-corrected chi connectivity index (χ2v) is 14.9. The monoisotopic (exact) mass is 655 g/mol. The number of piperidine rings is 1. The van der Waals surface area contributed by atoms with Crippen molar-refractivity contribution in [2.75, 3.05) is 11.5 Å². The zero-order valence-electron chi connectivity index (χ0n) is 27.2. The lowest BCUT2D eigenvalue weighted by Crippen LogP contribution is -2.58. The summed E-state index contributed by atoms with van der Waals surface area (Å²) >= 11 is 2.79. The largest absolute Gasteiger partial charge is 0.494 e. The van der Waals surface area contributed by atoms with Crippen LogP contribution in [0.2, 0.25) is 0 Å². The van der Waals surface area contributed by atoms with Crippen LogP contribution in [0.25, 0.3) is 15.6 Å². The van der Waals surface area contributed by atoms with E-state index in [0.717, 1.165) is 38.7 Å². The molecule has 0 radical (unpaired) electrons. The molecule has 4 aromatic rings. The van der Waals surface area contributed by atoms with E-state index >= 15 is 0 Å². The summed E-state index contributed by atoms with van der Waals surface area (Å²) < 4.78 is 12.1. The predicted octanol–water partition coefficient (Wildman–Crippen LogP) is 10.8. The minimum absolute atomic E-state index is 0.0920. The van der Waals surface area contributed by atoms with Gasteiger partial charge in [-0.2, -0.15) is 5.26 Å². The summed E-state index contributed by atoms with van der Waals surface area (Å²) in [7, 11) is 0. The molecular weight excluding hydrogens is 615 g/mol. The third-order valence-corrected chi connectivity index (χ3v) is 10.2. The molecule has 10 heteroatoms. The van der Waals surface area contributed by atoms with Gasteiger partial charge in [0.25, 0.3) is 0 Å².